The van der Waals surface area contributed by atoms with E-state index in [4.69, 9.17) is 0 Å². The van der Waals surface area contributed by atoms with Gasteiger partial charge in [0.15, 0.2) is 0 Å². The zero-order valence-corrected chi connectivity index (χ0v) is 14.2. The molecule has 2 N–H and O–H groups in total. The number of benzene rings is 1. The third kappa shape index (κ3) is 4.83. The molecule has 0 aromatic heterocycles. The minimum absolute atomic E-state index is 0. The number of hydrogen-bond donors (Lipinski definition) is 2. The summed E-state index contributed by atoms with van der Waals surface area (Å²) in [6.07, 6.45) is -4.32. The van der Waals surface area contributed by atoms with Crippen molar-refractivity contribution in [1.82, 2.24) is 10.2 Å². The van der Waals surface area contributed by atoms with Gasteiger partial charge in [0.1, 0.15) is 0 Å². The van der Waals surface area contributed by atoms with E-state index in [2.05, 4.69) is 10.2 Å². The number of rotatable bonds is 4. The summed E-state index contributed by atoms with van der Waals surface area (Å²) in [5, 5.41) is 13.0. The lowest BCUT2D eigenvalue weighted by Gasteiger charge is -2.43. The fourth-order valence-corrected chi connectivity index (χ4v) is 3.04. The van der Waals surface area contributed by atoms with E-state index in [0.717, 1.165) is 43.9 Å². The Morgan fingerprint density at radius 2 is 1.65 bits per heavy atom. The number of alkyl halides is 3. The zero-order valence-electron chi connectivity index (χ0n) is 13.4. The van der Waals surface area contributed by atoms with Crippen LogP contribution in [-0.4, -0.2) is 42.8 Å². The lowest BCUT2D eigenvalue weighted by atomic mass is 9.79. The molecule has 7 heteroatoms. The van der Waals surface area contributed by atoms with Crippen LogP contribution in [0.25, 0.3) is 0 Å². The first-order chi connectivity index (χ1) is 10.3. The van der Waals surface area contributed by atoms with Gasteiger partial charge in [-0.1, -0.05) is 26.0 Å². The van der Waals surface area contributed by atoms with Crippen LogP contribution in [0.2, 0.25) is 0 Å². The predicted molar refractivity (Wildman–Crippen MR) is 86.7 cm³/mol. The summed E-state index contributed by atoms with van der Waals surface area (Å²) in [6, 6.07) is 5.21. The van der Waals surface area contributed by atoms with Crippen molar-refractivity contribution in [1.29, 1.82) is 0 Å². The summed E-state index contributed by atoms with van der Waals surface area (Å²) in [7, 11) is 0. The Morgan fingerprint density at radius 3 is 2.09 bits per heavy atom. The smallest absolute Gasteiger partial charge is 0.396 e. The second-order valence-corrected chi connectivity index (χ2v) is 6.45. The number of nitrogens with one attached hydrogen (secondary N) is 1. The van der Waals surface area contributed by atoms with E-state index in [1.165, 1.54) is 12.1 Å². The quantitative estimate of drug-likeness (QED) is 0.874. The zero-order chi connectivity index (χ0) is 16.4. The molecule has 0 aliphatic carbocycles. The molecule has 1 aromatic rings. The Bertz CT molecular complexity index is 485. The maximum Gasteiger partial charge on any atom is 0.416 e. The minimum Gasteiger partial charge on any atom is -0.396 e. The van der Waals surface area contributed by atoms with Crippen LogP contribution in [0.1, 0.15) is 31.0 Å². The molecule has 0 unspecified atom stereocenters. The van der Waals surface area contributed by atoms with Crippen LogP contribution < -0.4 is 5.32 Å². The number of nitrogens with zero attached hydrogens (tertiary/aromatic N) is 1. The topological polar surface area (TPSA) is 35.5 Å². The van der Waals surface area contributed by atoms with E-state index in [9.17, 15) is 18.3 Å². The van der Waals surface area contributed by atoms with Crippen LogP contribution in [0.3, 0.4) is 0 Å². The van der Waals surface area contributed by atoms with Crippen LogP contribution in [0.5, 0.6) is 0 Å². The van der Waals surface area contributed by atoms with E-state index < -0.39 is 17.2 Å². The van der Waals surface area contributed by atoms with Crippen molar-refractivity contribution in [2.24, 2.45) is 5.41 Å². The summed E-state index contributed by atoms with van der Waals surface area (Å²) < 4.78 is 38.2. The highest BCUT2D eigenvalue weighted by Gasteiger charge is 2.36. The molecule has 0 bridgehead atoms. The van der Waals surface area contributed by atoms with Gasteiger partial charge in [-0.05, 0) is 17.7 Å². The number of halogens is 4. The maximum atomic E-state index is 12.7. The molecule has 1 aromatic carbocycles. The fourth-order valence-electron chi connectivity index (χ4n) is 3.04. The highest BCUT2D eigenvalue weighted by Crippen LogP contribution is 2.39. The van der Waals surface area contributed by atoms with Crippen molar-refractivity contribution in [2.45, 2.75) is 26.1 Å². The van der Waals surface area contributed by atoms with Gasteiger partial charge in [-0.15, -0.1) is 12.4 Å². The third-order valence-electron chi connectivity index (χ3n) is 4.22. The Hall–Kier alpha value is -0.820. The van der Waals surface area contributed by atoms with Crippen molar-refractivity contribution in [3.05, 3.63) is 35.4 Å². The summed E-state index contributed by atoms with van der Waals surface area (Å²) >= 11 is 0. The summed E-state index contributed by atoms with van der Waals surface area (Å²) in [5.41, 5.74) is -0.261. The van der Waals surface area contributed by atoms with Crippen LogP contribution in [0.15, 0.2) is 24.3 Å². The Balaban J connectivity index is 0.00000264. The third-order valence-corrected chi connectivity index (χ3v) is 4.22. The average Bonchev–Trinajstić information content (AvgIpc) is 2.48. The first-order valence-corrected chi connectivity index (χ1v) is 7.48. The Labute approximate surface area is 141 Å². The summed E-state index contributed by atoms with van der Waals surface area (Å²) in [5.74, 6) is 0. The molecule has 3 nitrogen and oxygen atoms in total. The molecule has 0 amide bonds. The van der Waals surface area contributed by atoms with Crippen molar-refractivity contribution in [3.63, 3.8) is 0 Å². The number of hydrogen-bond acceptors (Lipinski definition) is 3. The van der Waals surface area contributed by atoms with Gasteiger partial charge in [-0.2, -0.15) is 13.2 Å². The molecular formula is C16H24ClF3N2O. The highest BCUT2D eigenvalue weighted by molar-refractivity contribution is 5.85. The van der Waals surface area contributed by atoms with E-state index in [0.29, 0.717) is 0 Å². The lowest BCUT2D eigenvalue weighted by Crippen LogP contribution is -2.49. The second-order valence-electron chi connectivity index (χ2n) is 6.45. The Morgan fingerprint density at radius 1 is 1.13 bits per heavy atom. The number of aliphatic hydroxyl groups is 1. The number of piperazine rings is 1. The van der Waals surface area contributed by atoms with Gasteiger partial charge < -0.3 is 10.4 Å². The molecule has 0 spiro atoms. The molecule has 0 radical (unpaired) electrons. The molecule has 1 aliphatic heterocycles. The standard InChI is InChI=1S/C16H23F3N2O.ClH/c1-15(2,11-22)14(21-9-7-20-8-10-21)12-3-5-13(6-4-12)16(17,18)19;/h3-6,14,20,22H,7-11H2,1-2H3;1H/t14-;/m0./s1. The fraction of sp³-hybridized carbons (Fsp3) is 0.625. The van der Waals surface area contributed by atoms with Gasteiger partial charge in [0.25, 0.3) is 0 Å². The van der Waals surface area contributed by atoms with Crippen molar-refractivity contribution < 1.29 is 18.3 Å². The largest absolute Gasteiger partial charge is 0.416 e. The molecule has 1 heterocycles. The predicted octanol–water partition coefficient (Wildman–Crippen LogP) is 3.09. The van der Waals surface area contributed by atoms with Gasteiger partial charge in [0.05, 0.1) is 5.56 Å². The molecule has 1 saturated heterocycles. The number of aliphatic hydroxyl groups excluding tert-OH is 1. The van der Waals surface area contributed by atoms with Gasteiger partial charge in [0.2, 0.25) is 0 Å². The second kappa shape index (κ2) is 7.83. The minimum atomic E-state index is -4.32. The molecular weight excluding hydrogens is 329 g/mol. The molecule has 0 saturated carbocycles. The van der Waals surface area contributed by atoms with E-state index >= 15 is 0 Å². The van der Waals surface area contributed by atoms with Crippen molar-refractivity contribution >= 4 is 12.4 Å². The van der Waals surface area contributed by atoms with E-state index in [1.54, 1.807) is 0 Å². The molecule has 1 fully saturated rings. The maximum absolute atomic E-state index is 12.7. The Kier molecular flexibility index (Phi) is 6.89. The van der Waals surface area contributed by atoms with E-state index in [-0.39, 0.29) is 25.1 Å². The van der Waals surface area contributed by atoms with Gasteiger partial charge in [-0.25, -0.2) is 0 Å². The first kappa shape index (κ1) is 20.2. The van der Waals surface area contributed by atoms with Crippen molar-refractivity contribution in [2.75, 3.05) is 32.8 Å². The van der Waals surface area contributed by atoms with E-state index in [1.807, 2.05) is 13.8 Å². The van der Waals surface area contributed by atoms with Crippen LogP contribution in [0.4, 0.5) is 13.2 Å². The van der Waals surface area contributed by atoms with Gasteiger partial charge >= 0.3 is 6.18 Å². The molecule has 2 rings (SSSR count). The molecule has 132 valence electrons. The van der Waals surface area contributed by atoms with Crippen LogP contribution >= 0.6 is 12.4 Å². The highest BCUT2D eigenvalue weighted by atomic mass is 35.5. The molecule has 23 heavy (non-hydrogen) atoms. The monoisotopic (exact) mass is 352 g/mol. The normalized spacial score (nSPS) is 18.3. The SMILES string of the molecule is CC(C)(CO)[C@H](c1ccc(C(F)(F)F)cc1)N1CCNCC1.Cl. The van der Waals surface area contributed by atoms with Crippen LogP contribution in [0, 0.1) is 5.41 Å². The van der Waals surface area contributed by atoms with Gasteiger partial charge in [-0.3, -0.25) is 4.90 Å². The first-order valence-electron chi connectivity index (χ1n) is 7.48. The van der Waals surface area contributed by atoms with Crippen molar-refractivity contribution in [3.8, 4) is 0 Å². The average molecular weight is 353 g/mol. The van der Waals surface area contributed by atoms with Gasteiger partial charge in [0, 0.05) is 44.2 Å². The molecule has 1 aliphatic rings. The molecule has 1 atom stereocenters. The summed E-state index contributed by atoms with van der Waals surface area (Å²) in [6.45, 7) is 7.18. The lowest BCUT2D eigenvalue weighted by molar-refractivity contribution is -0.137. The van der Waals surface area contributed by atoms with Crippen LogP contribution in [-0.2, 0) is 6.18 Å². The summed E-state index contributed by atoms with van der Waals surface area (Å²) in [4.78, 5) is 2.23.